The van der Waals surface area contributed by atoms with Crippen LogP contribution in [-0.2, 0) is 11.3 Å². The fourth-order valence-electron chi connectivity index (χ4n) is 2.10. The van der Waals surface area contributed by atoms with Crippen molar-refractivity contribution in [3.05, 3.63) is 60.0 Å². The van der Waals surface area contributed by atoms with Crippen LogP contribution < -0.4 is 5.32 Å². The Morgan fingerprint density at radius 3 is 2.86 bits per heavy atom. The molecule has 2 aromatic heterocycles. The van der Waals surface area contributed by atoms with E-state index < -0.39 is 0 Å². The molecule has 0 bridgehead atoms. The van der Waals surface area contributed by atoms with Gasteiger partial charge in [-0.1, -0.05) is 24.3 Å². The van der Waals surface area contributed by atoms with Gasteiger partial charge < -0.3 is 5.32 Å². The molecule has 0 saturated heterocycles. The molecule has 0 fully saturated rings. The summed E-state index contributed by atoms with van der Waals surface area (Å²) in [6.07, 6.45) is 1.89. The number of hydrogen-bond acceptors (Lipinski definition) is 4. The number of aryl methyl sites for hydroxylation is 1. The molecule has 3 rings (SSSR count). The first-order valence-electron chi connectivity index (χ1n) is 6.98. The highest BCUT2D eigenvalue weighted by atomic mass is 32.2. The van der Waals surface area contributed by atoms with Crippen LogP contribution in [0.15, 0.2) is 53.6 Å². The molecule has 0 aliphatic heterocycles. The summed E-state index contributed by atoms with van der Waals surface area (Å²) in [5, 5.41) is 11.0. The van der Waals surface area contributed by atoms with Crippen molar-refractivity contribution in [3.63, 3.8) is 0 Å². The summed E-state index contributed by atoms with van der Waals surface area (Å²) >= 11 is 1.54. The van der Waals surface area contributed by atoms with Gasteiger partial charge in [-0.2, -0.15) is 0 Å². The number of nitrogens with zero attached hydrogens (tertiary/aromatic N) is 3. The topological polar surface area (TPSA) is 59.3 Å². The molecule has 0 spiro atoms. The van der Waals surface area contributed by atoms with E-state index in [0.29, 0.717) is 12.3 Å². The Morgan fingerprint density at radius 2 is 2.00 bits per heavy atom. The number of nitrogens with one attached hydrogen (secondary N) is 1. The number of pyridine rings is 1. The fraction of sp³-hybridized carbons (Fsp3) is 0.188. The maximum absolute atomic E-state index is 12.0. The number of amides is 1. The molecule has 1 N–H and O–H groups in total. The molecule has 0 saturated carbocycles. The first-order chi connectivity index (χ1) is 10.7. The zero-order chi connectivity index (χ0) is 15.4. The average Bonchev–Trinajstić information content (AvgIpc) is 2.95. The third-order valence-corrected chi connectivity index (χ3v) is 4.46. The van der Waals surface area contributed by atoms with Gasteiger partial charge in [0.25, 0.3) is 0 Å². The summed E-state index contributed by atoms with van der Waals surface area (Å²) in [4.78, 5) is 13.1. The standard InChI is InChI=1S/C16H16N4OS/c1-12-6-2-3-7-13(12)22-11-16(21)17-10-15-19-18-14-8-4-5-9-20(14)15/h2-9H,10-11H2,1H3,(H,17,21). The normalized spacial score (nSPS) is 10.8. The van der Waals surface area contributed by atoms with Crippen molar-refractivity contribution in [1.29, 1.82) is 0 Å². The lowest BCUT2D eigenvalue weighted by Gasteiger charge is -2.06. The number of fused-ring (bicyclic) bond motifs is 1. The number of carbonyl (C=O) groups excluding carboxylic acids is 1. The monoisotopic (exact) mass is 312 g/mol. The Bertz CT molecular complexity index is 799. The molecular formula is C16H16N4OS. The molecule has 22 heavy (non-hydrogen) atoms. The predicted molar refractivity (Wildman–Crippen MR) is 86.7 cm³/mol. The van der Waals surface area contributed by atoms with Gasteiger partial charge in [0.15, 0.2) is 11.5 Å². The average molecular weight is 312 g/mol. The van der Waals surface area contributed by atoms with E-state index in [9.17, 15) is 4.79 Å². The first kappa shape index (κ1) is 14.6. The molecular weight excluding hydrogens is 296 g/mol. The lowest BCUT2D eigenvalue weighted by atomic mass is 10.2. The van der Waals surface area contributed by atoms with E-state index in [1.54, 1.807) is 11.8 Å². The number of hydrogen-bond donors (Lipinski definition) is 1. The molecule has 0 unspecified atom stereocenters. The quantitative estimate of drug-likeness (QED) is 0.735. The minimum Gasteiger partial charge on any atom is -0.348 e. The SMILES string of the molecule is Cc1ccccc1SCC(=O)NCc1nnc2ccccn12. The largest absolute Gasteiger partial charge is 0.348 e. The van der Waals surface area contributed by atoms with Crippen LogP contribution >= 0.6 is 11.8 Å². The van der Waals surface area contributed by atoms with E-state index in [4.69, 9.17) is 0 Å². The third kappa shape index (κ3) is 3.28. The van der Waals surface area contributed by atoms with Crippen molar-refractivity contribution in [2.24, 2.45) is 0 Å². The van der Waals surface area contributed by atoms with Gasteiger partial charge in [0.1, 0.15) is 0 Å². The van der Waals surface area contributed by atoms with Crippen molar-refractivity contribution in [1.82, 2.24) is 19.9 Å². The lowest BCUT2D eigenvalue weighted by Crippen LogP contribution is -2.25. The van der Waals surface area contributed by atoms with Crippen LogP contribution in [0.1, 0.15) is 11.4 Å². The molecule has 5 nitrogen and oxygen atoms in total. The van der Waals surface area contributed by atoms with Crippen LogP contribution in [0.3, 0.4) is 0 Å². The van der Waals surface area contributed by atoms with Gasteiger partial charge in [-0.15, -0.1) is 22.0 Å². The minimum absolute atomic E-state index is 0.0130. The maximum Gasteiger partial charge on any atom is 0.230 e. The zero-order valence-electron chi connectivity index (χ0n) is 12.2. The van der Waals surface area contributed by atoms with Crippen molar-refractivity contribution in [3.8, 4) is 0 Å². The molecule has 3 aromatic rings. The number of aromatic nitrogens is 3. The van der Waals surface area contributed by atoms with Gasteiger partial charge in [-0.05, 0) is 30.7 Å². The number of carbonyl (C=O) groups is 1. The van der Waals surface area contributed by atoms with Crippen LogP contribution in [0.25, 0.3) is 5.65 Å². The van der Waals surface area contributed by atoms with Gasteiger partial charge >= 0.3 is 0 Å². The second kappa shape index (κ2) is 6.62. The van der Waals surface area contributed by atoms with Crippen LogP contribution in [0.2, 0.25) is 0 Å². The van der Waals surface area contributed by atoms with Crippen molar-refractivity contribution in [2.45, 2.75) is 18.4 Å². The molecule has 6 heteroatoms. The second-order valence-electron chi connectivity index (χ2n) is 4.88. The van der Waals surface area contributed by atoms with E-state index in [1.165, 1.54) is 5.56 Å². The predicted octanol–water partition coefficient (Wildman–Crippen LogP) is 2.45. The van der Waals surface area contributed by atoms with E-state index in [1.807, 2.05) is 60.0 Å². The number of thioether (sulfide) groups is 1. The zero-order valence-corrected chi connectivity index (χ0v) is 13.0. The smallest absolute Gasteiger partial charge is 0.230 e. The highest BCUT2D eigenvalue weighted by Crippen LogP contribution is 2.21. The molecule has 1 amide bonds. The Labute approximate surface area is 132 Å². The Balaban J connectivity index is 1.55. The summed E-state index contributed by atoms with van der Waals surface area (Å²) in [5.74, 6) is 1.10. The maximum atomic E-state index is 12.0. The lowest BCUT2D eigenvalue weighted by molar-refractivity contribution is -0.118. The Kier molecular flexibility index (Phi) is 4.39. The minimum atomic E-state index is -0.0130. The van der Waals surface area contributed by atoms with Crippen LogP contribution in [-0.4, -0.2) is 26.3 Å². The molecule has 1 aromatic carbocycles. The number of benzene rings is 1. The van der Waals surface area contributed by atoms with Crippen LogP contribution in [0.4, 0.5) is 0 Å². The molecule has 0 radical (unpaired) electrons. The highest BCUT2D eigenvalue weighted by molar-refractivity contribution is 8.00. The Hall–Kier alpha value is -2.34. The second-order valence-corrected chi connectivity index (χ2v) is 5.89. The van der Waals surface area contributed by atoms with E-state index in [0.717, 1.165) is 16.4 Å². The van der Waals surface area contributed by atoms with E-state index in [2.05, 4.69) is 15.5 Å². The number of rotatable bonds is 5. The van der Waals surface area contributed by atoms with E-state index >= 15 is 0 Å². The molecule has 0 atom stereocenters. The summed E-state index contributed by atoms with van der Waals surface area (Å²) in [7, 11) is 0. The van der Waals surface area contributed by atoms with Gasteiger partial charge in [-0.25, -0.2) is 0 Å². The summed E-state index contributed by atoms with van der Waals surface area (Å²) < 4.78 is 1.87. The summed E-state index contributed by atoms with van der Waals surface area (Å²) in [6.45, 7) is 2.42. The van der Waals surface area contributed by atoms with Gasteiger partial charge in [0, 0.05) is 11.1 Å². The van der Waals surface area contributed by atoms with Crippen molar-refractivity contribution in [2.75, 3.05) is 5.75 Å². The van der Waals surface area contributed by atoms with Gasteiger partial charge in [0.05, 0.1) is 12.3 Å². The van der Waals surface area contributed by atoms with E-state index in [-0.39, 0.29) is 5.91 Å². The van der Waals surface area contributed by atoms with Crippen LogP contribution in [0.5, 0.6) is 0 Å². The molecule has 112 valence electrons. The van der Waals surface area contributed by atoms with Crippen molar-refractivity contribution >= 4 is 23.3 Å². The summed E-state index contributed by atoms with van der Waals surface area (Å²) in [5.41, 5.74) is 1.96. The third-order valence-electron chi connectivity index (χ3n) is 3.28. The Morgan fingerprint density at radius 1 is 1.18 bits per heavy atom. The van der Waals surface area contributed by atoms with Crippen molar-refractivity contribution < 1.29 is 4.79 Å². The van der Waals surface area contributed by atoms with Gasteiger partial charge in [-0.3, -0.25) is 9.20 Å². The summed E-state index contributed by atoms with van der Waals surface area (Å²) in [6, 6.07) is 13.8. The first-order valence-corrected chi connectivity index (χ1v) is 7.96. The highest BCUT2D eigenvalue weighted by Gasteiger charge is 2.08. The van der Waals surface area contributed by atoms with Crippen LogP contribution in [0, 0.1) is 6.92 Å². The molecule has 0 aliphatic rings. The molecule has 0 aliphatic carbocycles. The van der Waals surface area contributed by atoms with Gasteiger partial charge in [0.2, 0.25) is 5.91 Å². The fourth-order valence-corrected chi connectivity index (χ4v) is 2.96. The molecule has 2 heterocycles.